The van der Waals surface area contributed by atoms with Gasteiger partial charge in [0.1, 0.15) is 16.4 Å². The maximum Gasteiger partial charge on any atom is 0.270 e. The molecule has 0 aliphatic carbocycles. The van der Waals surface area contributed by atoms with Gasteiger partial charge in [-0.15, -0.1) is 0 Å². The number of amides is 2. The molecule has 0 atom stereocenters. The fraction of sp³-hybridized carbons (Fsp3) is 0.400. The van der Waals surface area contributed by atoms with E-state index in [4.69, 9.17) is 11.6 Å². The van der Waals surface area contributed by atoms with E-state index in [1.54, 1.807) is 4.90 Å². The number of anilines is 1. The summed E-state index contributed by atoms with van der Waals surface area (Å²) < 4.78 is 39.7. The molecule has 1 aromatic heterocycles. The van der Waals surface area contributed by atoms with Crippen LogP contribution in [-0.2, 0) is 14.8 Å². The molecule has 1 saturated heterocycles. The van der Waals surface area contributed by atoms with Crippen molar-refractivity contribution in [1.82, 2.24) is 14.2 Å². The van der Waals surface area contributed by atoms with Gasteiger partial charge in [0.15, 0.2) is 0 Å². The first-order chi connectivity index (χ1) is 14.6. The molecular formula is C20H24ClFN4O4S. The van der Waals surface area contributed by atoms with Gasteiger partial charge in [-0.05, 0) is 43.0 Å². The van der Waals surface area contributed by atoms with Crippen LogP contribution >= 0.6 is 11.6 Å². The van der Waals surface area contributed by atoms with Gasteiger partial charge < -0.3 is 15.2 Å². The minimum Gasteiger partial charge on any atom is -0.356 e. The molecule has 0 saturated carbocycles. The SMILES string of the molecule is CC1CCN(C(=O)c2cc(S(=O)(=O)N(C)CC(=O)Nc3ccc(F)c(Cl)c3)c[nH]2)CC1. The molecule has 8 nitrogen and oxygen atoms in total. The summed E-state index contributed by atoms with van der Waals surface area (Å²) in [5.41, 5.74) is 0.430. The molecule has 11 heteroatoms. The number of sulfonamides is 1. The van der Waals surface area contributed by atoms with Crippen molar-refractivity contribution in [2.75, 3.05) is 32.0 Å². The maximum atomic E-state index is 13.2. The normalized spacial score (nSPS) is 15.3. The van der Waals surface area contributed by atoms with Crippen LogP contribution in [0, 0.1) is 11.7 Å². The molecule has 1 fully saturated rings. The third-order valence-electron chi connectivity index (χ3n) is 5.24. The van der Waals surface area contributed by atoms with Crippen LogP contribution in [-0.4, -0.2) is 61.1 Å². The molecule has 1 aromatic carbocycles. The van der Waals surface area contributed by atoms with Crippen LogP contribution in [0.1, 0.15) is 30.3 Å². The van der Waals surface area contributed by atoms with Crippen molar-refractivity contribution < 1.29 is 22.4 Å². The Labute approximate surface area is 185 Å². The number of benzene rings is 1. The Morgan fingerprint density at radius 3 is 2.61 bits per heavy atom. The number of rotatable bonds is 6. The van der Waals surface area contributed by atoms with Crippen molar-refractivity contribution in [3.05, 3.63) is 47.0 Å². The fourth-order valence-corrected chi connectivity index (χ4v) is 4.57. The molecule has 2 heterocycles. The Morgan fingerprint density at radius 2 is 1.97 bits per heavy atom. The number of hydrogen-bond donors (Lipinski definition) is 2. The van der Waals surface area contributed by atoms with Crippen LogP contribution in [0.3, 0.4) is 0 Å². The van der Waals surface area contributed by atoms with E-state index >= 15 is 0 Å². The third-order valence-corrected chi connectivity index (χ3v) is 7.31. The zero-order valence-electron chi connectivity index (χ0n) is 17.2. The predicted molar refractivity (Wildman–Crippen MR) is 115 cm³/mol. The number of aromatic amines is 1. The molecule has 2 N–H and O–H groups in total. The first kappa shape index (κ1) is 23.2. The first-order valence-corrected chi connectivity index (χ1v) is 11.6. The molecular weight excluding hydrogens is 447 g/mol. The lowest BCUT2D eigenvalue weighted by Gasteiger charge is -2.29. The van der Waals surface area contributed by atoms with Gasteiger partial charge in [0.2, 0.25) is 15.9 Å². The molecule has 2 aromatic rings. The Morgan fingerprint density at radius 1 is 1.29 bits per heavy atom. The molecule has 3 rings (SSSR count). The van der Waals surface area contributed by atoms with Gasteiger partial charge in [-0.3, -0.25) is 9.59 Å². The molecule has 0 spiro atoms. The Bertz CT molecular complexity index is 1080. The number of likely N-dealkylation sites (N-methyl/N-ethyl adjacent to an activating group) is 1. The number of piperidine rings is 1. The van der Waals surface area contributed by atoms with E-state index in [0.29, 0.717) is 19.0 Å². The second-order valence-electron chi connectivity index (χ2n) is 7.66. The Balaban J connectivity index is 1.64. The number of hydrogen-bond acceptors (Lipinski definition) is 4. The summed E-state index contributed by atoms with van der Waals surface area (Å²) >= 11 is 5.68. The van der Waals surface area contributed by atoms with Crippen molar-refractivity contribution in [2.24, 2.45) is 5.92 Å². The highest BCUT2D eigenvalue weighted by atomic mass is 35.5. The third kappa shape index (κ3) is 5.44. The number of halogens is 2. The van der Waals surface area contributed by atoms with Crippen LogP contribution in [0.25, 0.3) is 0 Å². The van der Waals surface area contributed by atoms with Gasteiger partial charge in [-0.25, -0.2) is 12.8 Å². The van der Waals surface area contributed by atoms with Crippen molar-refractivity contribution >= 4 is 39.1 Å². The minimum atomic E-state index is -4.01. The number of H-pyrrole nitrogens is 1. The average molecular weight is 471 g/mol. The highest BCUT2D eigenvalue weighted by Crippen LogP contribution is 2.21. The summed E-state index contributed by atoms with van der Waals surface area (Å²) in [7, 11) is -2.75. The van der Waals surface area contributed by atoms with Gasteiger partial charge in [0.05, 0.1) is 11.6 Å². The predicted octanol–water partition coefficient (Wildman–Crippen LogP) is 2.94. The van der Waals surface area contributed by atoms with Crippen molar-refractivity contribution in [3.63, 3.8) is 0 Å². The Kier molecular flexibility index (Phi) is 7.03. The topological polar surface area (TPSA) is 103 Å². The maximum absolute atomic E-state index is 13.2. The monoisotopic (exact) mass is 470 g/mol. The molecule has 0 radical (unpaired) electrons. The highest BCUT2D eigenvalue weighted by Gasteiger charge is 2.27. The van der Waals surface area contributed by atoms with Crippen molar-refractivity contribution in [3.8, 4) is 0 Å². The first-order valence-electron chi connectivity index (χ1n) is 9.77. The van der Waals surface area contributed by atoms with Gasteiger partial charge in [0, 0.05) is 32.0 Å². The summed E-state index contributed by atoms with van der Waals surface area (Å²) in [6, 6.07) is 4.93. The molecule has 1 aliphatic heterocycles. The van der Waals surface area contributed by atoms with E-state index in [1.807, 2.05) is 0 Å². The fourth-order valence-electron chi connectivity index (χ4n) is 3.27. The summed E-state index contributed by atoms with van der Waals surface area (Å²) in [5.74, 6) is -0.935. The summed E-state index contributed by atoms with van der Waals surface area (Å²) in [6.07, 6.45) is 3.06. The molecule has 168 valence electrons. The smallest absolute Gasteiger partial charge is 0.270 e. The zero-order chi connectivity index (χ0) is 22.8. The van der Waals surface area contributed by atoms with Gasteiger partial charge in [0.25, 0.3) is 5.91 Å². The summed E-state index contributed by atoms with van der Waals surface area (Å²) in [4.78, 5) is 29.2. The molecule has 1 aliphatic rings. The zero-order valence-corrected chi connectivity index (χ0v) is 18.8. The van der Waals surface area contributed by atoms with E-state index in [9.17, 15) is 22.4 Å². The van der Waals surface area contributed by atoms with E-state index < -0.39 is 28.3 Å². The van der Waals surface area contributed by atoms with E-state index in [1.165, 1.54) is 31.4 Å². The lowest BCUT2D eigenvalue weighted by molar-refractivity contribution is -0.116. The van der Waals surface area contributed by atoms with E-state index in [0.717, 1.165) is 23.2 Å². The van der Waals surface area contributed by atoms with E-state index in [2.05, 4.69) is 17.2 Å². The Hall–Kier alpha value is -2.43. The highest BCUT2D eigenvalue weighted by molar-refractivity contribution is 7.89. The summed E-state index contributed by atoms with van der Waals surface area (Å²) in [5, 5.41) is 2.31. The number of nitrogens with zero attached hydrogens (tertiary/aromatic N) is 2. The van der Waals surface area contributed by atoms with E-state index in [-0.39, 0.29) is 27.2 Å². The van der Waals surface area contributed by atoms with Gasteiger partial charge in [-0.1, -0.05) is 18.5 Å². The number of nitrogens with one attached hydrogen (secondary N) is 2. The number of carbonyl (C=O) groups excluding carboxylic acids is 2. The molecule has 31 heavy (non-hydrogen) atoms. The quantitative estimate of drug-likeness (QED) is 0.677. The van der Waals surface area contributed by atoms with Crippen molar-refractivity contribution in [2.45, 2.75) is 24.7 Å². The van der Waals surface area contributed by atoms with Crippen LogP contribution < -0.4 is 5.32 Å². The second-order valence-corrected chi connectivity index (χ2v) is 10.1. The number of likely N-dealkylation sites (tertiary alicyclic amines) is 1. The average Bonchev–Trinajstić information content (AvgIpc) is 3.22. The molecule has 2 amide bonds. The lowest BCUT2D eigenvalue weighted by atomic mass is 9.99. The van der Waals surface area contributed by atoms with Crippen LogP contribution in [0.2, 0.25) is 5.02 Å². The number of carbonyl (C=O) groups is 2. The van der Waals surface area contributed by atoms with Gasteiger partial charge in [-0.2, -0.15) is 4.31 Å². The lowest BCUT2D eigenvalue weighted by Crippen LogP contribution is -2.38. The van der Waals surface area contributed by atoms with Gasteiger partial charge >= 0.3 is 0 Å². The number of aromatic nitrogens is 1. The molecule has 0 unspecified atom stereocenters. The minimum absolute atomic E-state index is 0.110. The van der Waals surface area contributed by atoms with Crippen LogP contribution in [0.15, 0.2) is 35.4 Å². The largest absolute Gasteiger partial charge is 0.356 e. The van der Waals surface area contributed by atoms with Crippen LogP contribution in [0.5, 0.6) is 0 Å². The summed E-state index contributed by atoms with van der Waals surface area (Å²) in [6.45, 7) is 2.93. The standard InChI is InChI=1S/C20H24ClFN4O4S/c1-13-5-7-26(8-6-13)20(28)18-10-15(11-23-18)31(29,30)25(2)12-19(27)24-14-3-4-17(22)16(21)9-14/h3-4,9-11,13,23H,5-8,12H2,1-2H3,(H,24,27). The van der Waals surface area contributed by atoms with Crippen molar-refractivity contribution in [1.29, 1.82) is 0 Å². The second kappa shape index (κ2) is 9.37. The molecule has 0 bridgehead atoms. The van der Waals surface area contributed by atoms with Crippen LogP contribution in [0.4, 0.5) is 10.1 Å².